The minimum absolute atomic E-state index is 0.172. The van der Waals surface area contributed by atoms with Crippen molar-refractivity contribution >= 4 is 17.5 Å². The molecular weight excluding hydrogens is 323 g/mol. The van der Waals surface area contributed by atoms with Gasteiger partial charge < -0.3 is 15.0 Å². The van der Waals surface area contributed by atoms with Crippen LogP contribution in [-0.4, -0.2) is 31.5 Å². The van der Waals surface area contributed by atoms with Crippen LogP contribution >= 0.6 is 0 Å². The molecule has 1 aliphatic rings. The van der Waals surface area contributed by atoms with Crippen molar-refractivity contribution < 1.29 is 18.7 Å². The lowest BCUT2D eigenvalue weighted by Gasteiger charge is -2.17. The van der Waals surface area contributed by atoms with Crippen LogP contribution in [0.15, 0.2) is 48.5 Å². The van der Waals surface area contributed by atoms with Gasteiger partial charge in [0.15, 0.2) is 0 Å². The first-order valence-electron chi connectivity index (χ1n) is 8.06. The summed E-state index contributed by atoms with van der Waals surface area (Å²) in [6, 6.07) is 12.4. The maximum absolute atomic E-state index is 13.0. The van der Waals surface area contributed by atoms with Crippen LogP contribution in [0, 0.1) is 5.82 Å². The van der Waals surface area contributed by atoms with E-state index in [-0.39, 0.29) is 24.1 Å². The van der Waals surface area contributed by atoms with Crippen molar-refractivity contribution in [2.75, 3.05) is 18.6 Å². The van der Waals surface area contributed by atoms with E-state index in [1.54, 1.807) is 36.3 Å². The Morgan fingerprint density at radius 2 is 1.88 bits per heavy atom. The second-order valence-electron chi connectivity index (χ2n) is 5.90. The molecule has 2 aromatic rings. The first-order chi connectivity index (χ1) is 12.1. The van der Waals surface area contributed by atoms with E-state index in [1.165, 1.54) is 12.1 Å². The van der Waals surface area contributed by atoms with Crippen molar-refractivity contribution in [3.63, 3.8) is 0 Å². The molecule has 1 N–H and O–H groups in total. The van der Waals surface area contributed by atoms with Crippen LogP contribution < -0.4 is 15.0 Å². The van der Waals surface area contributed by atoms with Gasteiger partial charge >= 0.3 is 0 Å². The lowest BCUT2D eigenvalue weighted by molar-refractivity contribution is -0.126. The van der Waals surface area contributed by atoms with Gasteiger partial charge in [-0.05, 0) is 48.4 Å². The highest BCUT2D eigenvalue weighted by atomic mass is 19.1. The molecule has 25 heavy (non-hydrogen) atoms. The van der Waals surface area contributed by atoms with Gasteiger partial charge in [-0.1, -0.05) is 12.1 Å². The molecule has 6 heteroatoms. The minimum Gasteiger partial charge on any atom is -0.497 e. The van der Waals surface area contributed by atoms with Crippen LogP contribution in [0.2, 0.25) is 0 Å². The first kappa shape index (κ1) is 17.0. The third-order valence-electron chi connectivity index (χ3n) is 4.20. The molecule has 0 radical (unpaired) electrons. The number of amides is 2. The Labute approximate surface area is 145 Å². The second kappa shape index (κ2) is 7.34. The van der Waals surface area contributed by atoms with Crippen LogP contribution in [-0.2, 0) is 16.0 Å². The highest BCUT2D eigenvalue weighted by molar-refractivity contribution is 6.01. The Kier molecular flexibility index (Phi) is 4.97. The number of carbonyl (C=O) groups is 2. The lowest BCUT2D eigenvalue weighted by atomic mass is 10.1. The number of ether oxygens (including phenoxy) is 1. The van der Waals surface area contributed by atoms with Crippen molar-refractivity contribution in [3.8, 4) is 5.75 Å². The van der Waals surface area contributed by atoms with Gasteiger partial charge in [-0.15, -0.1) is 0 Å². The Hall–Kier alpha value is -2.89. The second-order valence-corrected chi connectivity index (χ2v) is 5.90. The molecule has 1 fully saturated rings. The molecule has 5 nitrogen and oxygen atoms in total. The van der Waals surface area contributed by atoms with E-state index in [4.69, 9.17) is 4.74 Å². The molecule has 1 heterocycles. The molecule has 0 unspecified atom stereocenters. The van der Waals surface area contributed by atoms with E-state index in [2.05, 4.69) is 5.32 Å². The van der Waals surface area contributed by atoms with Crippen LogP contribution in [0.4, 0.5) is 10.1 Å². The highest BCUT2D eigenvalue weighted by Crippen LogP contribution is 2.22. The summed E-state index contributed by atoms with van der Waals surface area (Å²) in [4.78, 5) is 26.2. The number of hydrogen-bond acceptors (Lipinski definition) is 3. The number of benzene rings is 2. The van der Waals surface area contributed by atoms with Crippen molar-refractivity contribution in [2.45, 2.75) is 18.9 Å². The molecule has 2 aromatic carbocycles. The highest BCUT2D eigenvalue weighted by Gasteiger charge is 2.33. The SMILES string of the molecule is COc1ccc(CC(=O)N[C@@H]2CCN(c3ccc(F)cc3)C2=O)cc1. The quantitative estimate of drug-likeness (QED) is 0.907. The Morgan fingerprint density at radius 1 is 1.20 bits per heavy atom. The summed E-state index contributed by atoms with van der Waals surface area (Å²) in [7, 11) is 1.58. The third kappa shape index (κ3) is 3.96. The number of methoxy groups -OCH3 is 1. The van der Waals surface area contributed by atoms with Gasteiger partial charge in [-0.3, -0.25) is 9.59 Å². The molecule has 0 aliphatic carbocycles. The molecule has 0 spiro atoms. The number of anilines is 1. The fraction of sp³-hybridized carbons (Fsp3) is 0.263. The molecule has 130 valence electrons. The predicted molar refractivity (Wildman–Crippen MR) is 92.0 cm³/mol. The summed E-state index contributed by atoms with van der Waals surface area (Å²) in [6.45, 7) is 0.498. The average molecular weight is 342 g/mol. The van der Waals surface area contributed by atoms with Gasteiger partial charge in [0.1, 0.15) is 17.6 Å². The molecule has 0 saturated carbocycles. The number of hydrogen-bond donors (Lipinski definition) is 1. The summed E-state index contributed by atoms with van der Waals surface area (Å²) >= 11 is 0. The Balaban J connectivity index is 1.58. The Morgan fingerprint density at radius 3 is 2.52 bits per heavy atom. The van der Waals surface area contributed by atoms with E-state index >= 15 is 0 Å². The fourth-order valence-electron chi connectivity index (χ4n) is 2.87. The average Bonchev–Trinajstić information content (AvgIpc) is 2.97. The zero-order chi connectivity index (χ0) is 17.8. The normalized spacial score (nSPS) is 16.8. The van der Waals surface area contributed by atoms with Gasteiger partial charge in [-0.2, -0.15) is 0 Å². The van der Waals surface area contributed by atoms with Crippen molar-refractivity contribution in [2.24, 2.45) is 0 Å². The van der Waals surface area contributed by atoms with Gasteiger partial charge in [0.05, 0.1) is 13.5 Å². The molecule has 1 saturated heterocycles. The fourth-order valence-corrected chi connectivity index (χ4v) is 2.87. The van der Waals surface area contributed by atoms with Crippen LogP contribution in [0.3, 0.4) is 0 Å². The molecule has 1 atom stereocenters. The van der Waals surface area contributed by atoms with E-state index in [0.717, 1.165) is 11.3 Å². The predicted octanol–water partition coefficient (Wildman–Crippen LogP) is 2.30. The number of nitrogens with one attached hydrogen (secondary N) is 1. The molecule has 0 bridgehead atoms. The summed E-state index contributed by atoms with van der Waals surface area (Å²) in [5, 5.41) is 2.78. The van der Waals surface area contributed by atoms with E-state index in [9.17, 15) is 14.0 Å². The van der Waals surface area contributed by atoms with E-state index < -0.39 is 6.04 Å². The number of halogens is 1. The topological polar surface area (TPSA) is 58.6 Å². The zero-order valence-electron chi connectivity index (χ0n) is 13.9. The van der Waals surface area contributed by atoms with Crippen LogP contribution in [0.5, 0.6) is 5.75 Å². The summed E-state index contributed by atoms with van der Waals surface area (Å²) < 4.78 is 18.1. The minimum atomic E-state index is -0.546. The number of nitrogens with zero attached hydrogens (tertiary/aromatic N) is 1. The van der Waals surface area contributed by atoms with Gasteiger partial charge in [0.2, 0.25) is 11.8 Å². The number of carbonyl (C=O) groups excluding carboxylic acids is 2. The van der Waals surface area contributed by atoms with E-state index in [1.807, 2.05) is 12.1 Å². The summed E-state index contributed by atoms with van der Waals surface area (Å²) in [6.07, 6.45) is 0.731. The maximum atomic E-state index is 13.0. The summed E-state index contributed by atoms with van der Waals surface area (Å²) in [5.41, 5.74) is 1.48. The maximum Gasteiger partial charge on any atom is 0.249 e. The zero-order valence-corrected chi connectivity index (χ0v) is 13.9. The monoisotopic (exact) mass is 342 g/mol. The summed E-state index contributed by atoms with van der Waals surface area (Å²) in [5.74, 6) is 0.00368. The van der Waals surface area contributed by atoms with Crippen molar-refractivity contribution in [3.05, 3.63) is 59.9 Å². The van der Waals surface area contributed by atoms with Crippen molar-refractivity contribution in [1.82, 2.24) is 5.32 Å². The molecule has 0 aromatic heterocycles. The van der Waals surface area contributed by atoms with Crippen molar-refractivity contribution in [1.29, 1.82) is 0 Å². The van der Waals surface area contributed by atoms with E-state index in [0.29, 0.717) is 18.7 Å². The third-order valence-corrected chi connectivity index (χ3v) is 4.20. The molecular formula is C19H19FN2O3. The van der Waals surface area contributed by atoms with Crippen LogP contribution in [0.25, 0.3) is 0 Å². The lowest BCUT2D eigenvalue weighted by Crippen LogP contribution is -2.42. The van der Waals surface area contributed by atoms with Gasteiger partial charge in [-0.25, -0.2) is 4.39 Å². The molecule has 3 rings (SSSR count). The largest absolute Gasteiger partial charge is 0.497 e. The standard InChI is InChI=1S/C19H19FN2O3/c1-25-16-8-2-13(3-9-16)12-18(23)21-17-10-11-22(19(17)24)15-6-4-14(20)5-7-15/h2-9,17H,10-12H2,1H3,(H,21,23)/t17-/m1/s1. The Bertz CT molecular complexity index is 759. The van der Waals surface area contributed by atoms with Crippen LogP contribution in [0.1, 0.15) is 12.0 Å². The van der Waals surface area contributed by atoms with Gasteiger partial charge in [0.25, 0.3) is 0 Å². The smallest absolute Gasteiger partial charge is 0.249 e. The first-order valence-corrected chi connectivity index (χ1v) is 8.06. The molecule has 2 amide bonds. The number of rotatable bonds is 5. The molecule has 1 aliphatic heterocycles. The van der Waals surface area contributed by atoms with Gasteiger partial charge in [0, 0.05) is 12.2 Å².